The number of halogens is 2. The van der Waals surface area contributed by atoms with Crippen LogP contribution >= 0.6 is 35.6 Å². The number of guanidine groups is 1. The molecule has 1 heterocycles. The molecule has 0 aliphatic rings. The summed E-state index contributed by atoms with van der Waals surface area (Å²) in [6, 6.07) is 12.8. The lowest BCUT2D eigenvalue weighted by molar-refractivity contribution is 0.601. The number of benzene rings is 2. The van der Waals surface area contributed by atoms with Crippen LogP contribution in [0.2, 0.25) is 5.02 Å². The predicted octanol–water partition coefficient (Wildman–Crippen LogP) is 3.72. The van der Waals surface area contributed by atoms with E-state index in [2.05, 4.69) is 20.7 Å². The van der Waals surface area contributed by atoms with E-state index in [1.807, 2.05) is 36.5 Å². The second kappa shape index (κ2) is 11.0. The van der Waals surface area contributed by atoms with Crippen LogP contribution in [0.4, 0.5) is 0 Å². The van der Waals surface area contributed by atoms with Gasteiger partial charge in [0.1, 0.15) is 0 Å². The van der Waals surface area contributed by atoms with E-state index < -0.39 is 9.84 Å². The Bertz CT molecular complexity index is 1160. The van der Waals surface area contributed by atoms with Gasteiger partial charge in [-0.15, -0.1) is 24.0 Å². The quantitative estimate of drug-likeness (QED) is 0.267. The lowest BCUT2D eigenvalue weighted by Crippen LogP contribution is -2.36. The Morgan fingerprint density at radius 2 is 1.74 bits per heavy atom. The van der Waals surface area contributed by atoms with Crippen molar-refractivity contribution in [3.63, 3.8) is 0 Å². The number of hydrogen-bond donors (Lipinski definition) is 2. The van der Waals surface area contributed by atoms with E-state index in [1.54, 1.807) is 37.0 Å². The van der Waals surface area contributed by atoms with Gasteiger partial charge in [-0.1, -0.05) is 23.7 Å². The van der Waals surface area contributed by atoms with Crippen LogP contribution in [-0.4, -0.2) is 37.5 Å². The van der Waals surface area contributed by atoms with E-state index in [4.69, 9.17) is 11.6 Å². The Balaban J connectivity index is 0.00000341. The van der Waals surface area contributed by atoms with Crippen molar-refractivity contribution in [1.82, 2.24) is 20.4 Å². The summed E-state index contributed by atoms with van der Waals surface area (Å²) in [4.78, 5) is 4.58. The molecule has 0 atom stereocenters. The highest BCUT2D eigenvalue weighted by molar-refractivity contribution is 14.0. The van der Waals surface area contributed by atoms with Crippen LogP contribution in [-0.2, 0) is 22.9 Å². The smallest absolute Gasteiger partial charge is 0.191 e. The zero-order valence-corrected chi connectivity index (χ0v) is 21.4. The number of rotatable bonds is 6. The van der Waals surface area contributed by atoms with Crippen LogP contribution in [0.25, 0.3) is 5.69 Å². The Labute approximate surface area is 204 Å². The molecule has 3 rings (SSSR count). The number of hydrogen-bond acceptors (Lipinski definition) is 4. The molecule has 0 aliphatic heterocycles. The fourth-order valence-electron chi connectivity index (χ4n) is 3.02. The van der Waals surface area contributed by atoms with Crippen molar-refractivity contribution >= 4 is 51.4 Å². The van der Waals surface area contributed by atoms with Crippen molar-refractivity contribution in [2.75, 3.05) is 13.3 Å². The monoisotopic (exact) mass is 573 g/mol. The molecule has 0 fully saturated rings. The van der Waals surface area contributed by atoms with Gasteiger partial charge < -0.3 is 10.6 Å². The van der Waals surface area contributed by atoms with E-state index in [0.717, 1.165) is 22.4 Å². The summed E-state index contributed by atoms with van der Waals surface area (Å²) in [6.45, 7) is 2.87. The van der Waals surface area contributed by atoms with Gasteiger partial charge in [-0.2, -0.15) is 5.10 Å². The van der Waals surface area contributed by atoms with E-state index in [1.165, 1.54) is 6.26 Å². The summed E-state index contributed by atoms with van der Waals surface area (Å²) in [5.74, 6) is 0.638. The number of aromatic nitrogens is 2. The molecule has 0 bridgehead atoms. The van der Waals surface area contributed by atoms with Gasteiger partial charge in [0.05, 0.1) is 16.8 Å². The molecule has 1 aromatic heterocycles. The molecule has 7 nitrogen and oxygen atoms in total. The zero-order valence-electron chi connectivity index (χ0n) is 17.5. The van der Waals surface area contributed by atoms with Gasteiger partial charge in [0, 0.05) is 43.2 Å². The second-order valence-electron chi connectivity index (χ2n) is 6.92. The Morgan fingerprint density at radius 1 is 1.10 bits per heavy atom. The molecule has 0 spiro atoms. The predicted molar refractivity (Wildman–Crippen MR) is 135 cm³/mol. The van der Waals surface area contributed by atoms with Crippen molar-refractivity contribution in [1.29, 1.82) is 0 Å². The lowest BCUT2D eigenvalue weighted by Gasteiger charge is -2.12. The molecule has 2 aromatic carbocycles. The summed E-state index contributed by atoms with van der Waals surface area (Å²) in [7, 11) is -1.52. The Morgan fingerprint density at radius 3 is 2.32 bits per heavy atom. The highest BCUT2D eigenvalue weighted by Crippen LogP contribution is 2.16. The summed E-state index contributed by atoms with van der Waals surface area (Å²) in [5, 5.41) is 11.5. The molecule has 0 saturated heterocycles. The number of sulfone groups is 1. The minimum Gasteiger partial charge on any atom is -0.352 e. The minimum atomic E-state index is -3.22. The molecule has 0 aliphatic carbocycles. The van der Waals surface area contributed by atoms with E-state index >= 15 is 0 Å². The lowest BCUT2D eigenvalue weighted by atomic mass is 10.1. The largest absolute Gasteiger partial charge is 0.352 e. The maximum absolute atomic E-state index is 11.7. The van der Waals surface area contributed by atoms with Crippen molar-refractivity contribution in [3.05, 3.63) is 76.6 Å². The molecule has 2 N–H and O–H groups in total. The summed E-state index contributed by atoms with van der Waals surface area (Å²) < 4.78 is 25.3. The highest BCUT2D eigenvalue weighted by atomic mass is 127. The van der Waals surface area contributed by atoms with Crippen molar-refractivity contribution in [2.24, 2.45) is 4.99 Å². The number of nitrogens with one attached hydrogen (secondary N) is 2. The summed E-state index contributed by atoms with van der Waals surface area (Å²) >= 11 is 5.93. The van der Waals surface area contributed by atoms with Crippen LogP contribution in [0.1, 0.15) is 16.7 Å². The summed E-state index contributed by atoms with van der Waals surface area (Å²) in [5.41, 5.74) is 3.63. The van der Waals surface area contributed by atoms with E-state index in [-0.39, 0.29) is 24.0 Å². The van der Waals surface area contributed by atoms with Gasteiger partial charge in [-0.25, -0.2) is 13.1 Å². The third-order valence-corrected chi connectivity index (χ3v) is 6.02. The number of nitrogens with zero attached hydrogens (tertiary/aromatic N) is 3. The number of aliphatic imine (C=N–C) groups is 1. The molecule has 0 saturated carbocycles. The maximum Gasteiger partial charge on any atom is 0.191 e. The van der Waals surface area contributed by atoms with Gasteiger partial charge in [0.25, 0.3) is 0 Å². The number of aryl methyl sites for hydroxylation is 1. The standard InChI is InChI=1S/C21H24ClN5O2S.HI/c1-15-10-16(4-9-20(15)30(3,28)29)11-24-21(23-2)25-12-17-13-26-27(14-17)19-7-5-18(22)6-8-19;/h4-10,13-14H,11-12H2,1-3H3,(H2,23,24,25);1H. The minimum absolute atomic E-state index is 0. The van der Waals surface area contributed by atoms with Crippen LogP contribution in [0.3, 0.4) is 0 Å². The first-order chi connectivity index (χ1) is 14.3. The molecule has 3 aromatic rings. The molecule has 0 unspecified atom stereocenters. The topological polar surface area (TPSA) is 88.4 Å². The first-order valence-corrected chi connectivity index (χ1v) is 11.6. The van der Waals surface area contributed by atoms with Crippen molar-refractivity contribution in [2.45, 2.75) is 24.9 Å². The van der Waals surface area contributed by atoms with Crippen molar-refractivity contribution < 1.29 is 8.42 Å². The molecule has 166 valence electrons. The molecule has 31 heavy (non-hydrogen) atoms. The zero-order chi connectivity index (χ0) is 21.7. The van der Waals surface area contributed by atoms with Gasteiger partial charge in [0.2, 0.25) is 0 Å². The van der Waals surface area contributed by atoms with Crippen LogP contribution in [0.15, 0.2) is 64.7 Å². The van der Waals surface area contributed by atoms with Gasteiger partial charge in [-0.05, 0) is 48.4 Å². The first kappa shape index (κ1) is 25.2. The Hall–Kier alpha value is -2.11. The molecular formula is C21H25ClIN5O2S. The van der Waals surface area contributed by atoms with Gasteiger partial charge in [0.15, 0.2) is 15.8 Å². The SMILES string of the molecule is CN=C(NCc1ccc(S(C)(=O)=O)c(C)c1)NCc1cnn(-c2ccc(Cl)cc2)c1.I. The van der Waals surface area contributed by atoms with Crippen LogP contribution < -0.4 is 10.6 Å². The van der Waals surface area contributed by atoms with E-state index in [0.29, 0.717) is 29.0 Å². The Kier molecular flexibility index (Phi) is 8.90. The fourth-order valence-corrected chi connectivity index (χ4v) is 4.10. The maximum atomic E-state index is 11.7. The average Bonchev–Trinajstić information content (AvgIpc) is 3.17. The molecule has 0 radical (unpaired) electrons. The fraction of sp³-hybridized carbons (Fsp3) is 0.238. The first-order valence-electron chi connectivity index (χ1n) is 9.30. The average molecular weight is 574 g/mol. The van der Waals surface area contributed by atoms with Gasteiger partial charge in [-0.3, -0.25) is 4.99 Å². The van der Waals surface area contributed by atoms with Crippen LogP contribution in [0, 0.1) is 6.92 Å². The highest BCUT2D eigenvalue weighted by Gasteiger charge is 2.11. The van der Waals surface area contributed by atoms with Gasteiger partial charge >= 0.3 is 0 Å². The third-order valence-electron chi connectivity index (χ3n) is 4.51. The summed E-state index contributed by atoms with van der Waals surface area (Å²) in [6.07, 6.45) is 4.95. The second-order valence-corrected chi connectivity index (χ2v) is 9.34. The van der Waals surface area contributed by atoms with Crippen molar-refractivity contribution in [3.8, 4) is 5.69 Å². The normalized spacial score (nSPS) is 11.7. The third kappa shape index (κ3) is 6.94. The van der Waals surface area contributed by atoms with E-state index in [9.17, 15) is 8.42 Å². The van der Waals surface area contributed by atoms with Crippen LogP contribution in [0.5, 0.6) is 0 Å². The molecule has 10 heteroatoms. The molecule has 0 amide bonds. The molecular weight excluding hydrogens is 549 g/mol.